The second-order valence-corrected chi connectivity index (χ2v) is 8.50. The predicted molar refractivity (Wildman–Crippen MR) is 134 cm³/mol. The van der Waals surface area contributed by atoms with Gasteiger partial charge >= 0.3 is 12.0 Å². The topological polar surface area (TPSA) is 102 Å². The van der Waals surface area contributed by atoms with Crippen LogP contribution in [0, 0.1) is 5.82 Å². The van der Waals surface area contributed by atoms with Crippen LogP contribution in [-0.4, -0.2) is 30.9 Å². The summed E-state index contributed by atoms with van der Waals surface area (Å²) >= 11 is 12.6. The molecule has 8 nitrogen and oxygen atoms in total. The van der Waals surface area contributed by atoms with E-state index in [-0.39, 0.29) is 44.8 Å². The summed E-state index contributed by atoms with van der Waals surface area (Å²) < 4.78 is 24.1. The maximum Gasteiger partial charge on any atom is 0.337 e. The molecule has 4 rings (SSSR count). The molecular weight excluding hydrogens is 526 g/mol. The summed E-state index contributed by atoms with van der Waals surface area (Å²) in [5.41, 5.74) is 0.562. The first-order valence-corrected chi connectivity index (χ1v) is 11.4. The van der Waals surface area contributed by atoms with E-state index in [1.807, 2.05) is 0 Å². The number of barbiturate groups is 1. The number of ether oxygens (including phenoxy) is 2. The minimum Gasteiger partial charge on any atom is -0.486 e. The van der Waals surface area contributed by atoms with Crippen LogP contribution < -0.4 is 15.0 Å². The summed E-state index contributed by atoms with van der Waals surface area (Å²) in [5, 5.41) is 2.22. The Bertz CT molecular complexity index is 1430. The molecule has 3 aromatic carbocycles. The van der Waals surface area contributed by atoms with E-state index in [0.29, 0.717) is 5.56 Å². The van der Waals surface area contributed by atoms with Crippen LogP contribution in [0.3, 0.4) is 0 Å². The number of urea groups is 1. The third-order valence-corrected chi connectivity index (χ3v) is 5.87. The second kappa shape index (κ2) is 10.8. The number of benzene rings is 3. The predicted octanol–water partition coefficient (Wildman–Crippen LogP) is 5.16. The Labute approximate surface area is 220 Å². The molecule has 1 N–H and O–H groups in total. The minimum absolute atomic E-state index is 0.0608. The first-order chi connectivity index (χ1) is 17.7. The molecule has 0 atom stereocenters. The van der Waals surface area contributed by atoms with Crippen molar-refractivity contribution in [1.29, 1.82) is 0 Å². The van der Waals surface area contributed by atoms with Crippen LogP contribution >= 0.6 is 23.2 Å². The lowest BCUT2D eigenvalue weighted by molar-refractivity contribution is -0.122. The quantitative estimate of drug-likeness (QED) is 0.262. The lowest BCUT2D eigenvalue weighted by Gasteiger charge is -2.26. The summed E-state index contributed by atoms with van der Waals surface area (Å²) in [4.78, 5) is 50.4. The number of hydrogen-bond donors (Lipinski definition) is 1. The van der Waals surface area contributed by atoms with Gasteiger partial charge in [0.2, 0.25) is 0 Å². The zero-order valence-corrected chi connectivity index (χ0v) is 20.6. The van der Waals surface area contributed by atoms with Gasteiger partial charge in [-0.15, -0.1) is 0 Å². The molecule has 0 spiro atoms. The zero-order valence-electron chi connectivity index (χ0n) is 19.1. The van der Waals surface area contributed by atoms with Gasteiger partial charge in [0.25, 0.3) is 11.8 Å². The number of nitrogens with zero attached hydrogens (tertiary/aromatic N) is 1. The number of methoxy groups -OCH3 is 1. The standard InChI is InChI=1S/C26H17Cl2FN2O6/c1-36-25(34)15-6-8-17(9-7-15)31-24(33)18(23(32)30-26(31)35)10-14-11-19(27)22(20(28)12-14)37-13-16-4-2-3-5-21(16)29/h2-12H,13H2,1H3,(H,30,32,35)/b18-10+. The minimum atomic E-state index is -0.953. The Morgan fingerprint density at radius 2 is 1.68 bits per heavy atom. The van der Waals surface area contributed by atoms with Crippen molar-refractivity contribution < 1.29 is 33.0 Å². The Morgan fingerprint density at radius 3 is 2.30 bits per heavy atom. The van der Waals surface area contributed by atoms with Gasteiger partial charge in [0.15, 0.2) is 5.75 Å². The van der Waals surface area contributed by atoms with E-state index in [9.17, 15) is 23.6 Å². The zero-order chi connectivity index (χ0) is 26.7. The number of nitrogens with one attached hydrogen (secondary N) is 1. The lowest BCUT2D eigenvalue weighted by Crippen LogP contribution is -2.54. The van der Waals surface area contributed by atoms with E-state index in [4.69, 9.17) is 27.9 Å². The number of anilines is 1. The van der Waals surface area contributed by atoms with Crippen LogP contribution in [0.1, 0.15) is 21.5 Å². The maximum atomic E-state index is 13.9. The molecule has 11 heteroatoms. The van der Waals surface area contributed by atoms with Crippen molar-refractivity contribution in [2.75, 3.05) is 12.0 Å². The maximum absolute atomic E-state index is 13.9. The molecule has 1 heterocycles. The smallest absolute Gasteiger partial charge is 0.337 e. The molecule has 188 valence electrons. The summed E-state index contributed by atoms with van der Waals surface area (Å²) in [6.07, 6.45) is 1.22. The molecule has 0 saturated carbocycles. The molecule has 3 aromatic rings. The van der Waals surface area contributed by atoms with E-state index in [2.05, 4.69) is 10.1 Å². The third kappa shape index (κ3) is 5.47. The Morgan fingerprint density at radius 1 is 1.03 bits per heavy atom. The van der Waals surface area contributed by atoms with Gasteiger partial charge in [-0.3, -0.25) is 14.9 Å². The van der Waals surface area contributed by atoms with Crippen molar-refractivity contribution in [3.8, 4) is 5.75 Å². The van der Waals surface area contributed by atoms with Gasteiger partial charge in [-0.1, -0.05) is 41.4 Å². The molecule has 0 aromatic heterocycles. The highest BCUT2D eigenvalue weighted by atomic mass is 35.5. The lowest BCUT2D eigenvalue weighted by atomic mass is 10.1. The average Bonchev–Trinajstić information content (AvgIpc) is 2.87. The summed E-state index contributed by atoms with van der Waals surface area (Å²) in [6, 6.07) is 13.4. The second-order valence-electron chi connectivity index (χ2n) is 7.69. The molecule has 1 aliphatic heterocycles. The molecule has 1 saturated heterocycles. The molecule has 0 aliphatic carbocycles. The van der Waals surface area contributed by atoms with Gasteiger partial charge < -0.3 is 9.47 Å². The summed E-state index contributed by atoms with van der Waals surface area (Å²) in [7, 11) is 1.22. The number of carbonyl (C=O) groups is 4. The highest BCUT2D eigenvalue weighted by Crippen LogP contribution is 2.36. The fraction of sp³-hybridized carbons (Fsp3) is 0.0769. The summed E-state index contributed by atoms with van der Waals surface area (Å²) in [6.45, 7) is -0.126. The molecule has 0 unspecified atom stereocenters. The van der Waals surface area contributed by atoms with Crippen molar-refractivity contribution >= 4 is 58.8 Å². The highest BCUT2D eigenvalue weighted by molar-refractivity contribution is 6.40. The Balaban J connectivity index is 1.60. The number of amides is 4. The monoisotopic (exact) mass is 542 g/mol. The van der Waals surface area contributed by atoms with Crippen molar-refractivity contribution in [3.05, 3.63) is 98.8 Å². The van der Waals surface area contributed by atoms with Gasteiger partial charge in [-0.05, 0) is 54.1 Å². The first kappa shape index (κ1) is 25.9. The van der Waals surface area contributed by atoms with E-state index in [0.717, 1.165) is 4.90 Å². The Hall–Kier alpha value is -4.21. The van der Waals surface area contributed by atoms with Gasteiger partial charge in [-0.2, -0.15) is 0 Å². The van der Waals surface area contributed by atoms with E-state index in [1.54, 1.807) is 18.2 Å². The number of halogens is 3. The molecule has 1 aliphatic rings. The largest absolute Gasteiger partial charge is 0.486 e. The van der Waals surface area contributed by atoms with Crippen LogP contribution in [0.5, 0.6) is 5.75 Å². The van der Waals surface area contributed by atoms with E-state index in [1.165, 1.54) is 55.7 Å². The first-order valence-electron chi connectivity index (χ1n) is 10.6. The van der Waals surface area contributed by atoms with Crippen LogP contribution in [0.4, 0.5) is 14.9 Å². The SMILES string of the molecule is COC(=O)c1ccc(N2C(=O)NC(=O)/C(=C\c3cc(Cl)c(OCc4ccccc4F)c(Cl)c3)C2=O)cc1. The fourth-order valence-corrected chi connectivity index (χ4v) is 4.10. The van der Waals surface area contributed by atoms with E-state index < -0.39 is 29.6 Å². The van der Waals surface area contributed by atoms with E-state index >= 15 is 0 Å². The number of esters is 1. The number of imide groups is 2. The fourth-order valence-electron chi connectivity index (χ4n) is 3.49. The van der Waals surface area contributed by atoms with Crippen LogP contribution in [0.25, 0.3) is 6.08 Å². The normalized spacial score (nSPS) is 14.5. The molecule has 0 radical (unpaired) electrons. The molecule has 0 bridgehead atoms. The number of rotatable bonds is 6. The van der Waals surface area contributed by atoms with Crippen molar-refractivity contribution in [2.45, 2.75) is 6.61 Å². The molecular formula is C26H17Cl2FN2O6. The van der Waals surface area contributed by atoms with Crippen LogP contribution in [0.15, 0.2) is 66.2 Å². The van der Waals surface area contributed by atoms with Crippen molar-refractivity contribution in [2.24, 2.45) is 0 Å². The van der Waals surface area contributed by atoms with Gasteiger partial charge in [0.1, 0.15) is 18.0 Å². The molecule has 4 amide bonds. The summed E-state index contributed by atoms with van der Waals surface area (Å²) in [5.74, 6) is -2.75. The highest BCUT2D eigenvalue weighted by Gasteiger charge is 2.37. The van der Waals surface area contributed by atoms with Gasteiger partial charge in [-0.25, -0.2) is 18.9 Å². The number of carbonyl (C=O) groups excluding carboxylic acids is 4. The van der Waals surface area contributed by atoms with Crippen molar-refractivity contribution in [1.82, 2.24) is 5.32 Å². The van der Waals surface area contributed by atoms with Crippen LogP contribution in [0.2, 0.25) is 10.0 Å². The molecule has 37 heavy (non-hydrogen) atoms. The third-order valence-electron chi connectivity index (χ3n) is 5.31. The van der Waals surface area contributed by atoms with Crippen LogP contribution in [-0.2, 0) is 20.9 Å². The molecule has 1 fully saturated rings. The van der Waals surface area contributed by atoms with Gasteiger partial charge in [0, 0.05) is 5.56 Å². The van der Waals surface area contributed by atoms with Crippen molar-refractivity contribution in [3.63, 3.8) is 0 Å². The van der Waals surface area contributed by atoms with Gasteiger partial charge in [0.05, 0.1) is 28.4 Å². The number of hydrogen-bond acceptors (Lipinski definition) is 6. The Kier molecular flexibility index (Phi) is 7.56. The average molecular weight is 543 g/mol.